The number of hydrogen-bond acceptors (Lipinski definition) is 6. The lowest BCUT2D eigenvalue weighted by Crippen LogP contribution is -2.28. The van der Waals surface area contributed by atoms with Gasteiger partial charge in [0.25, 0.3) is 15.7 Å². The molecule has 0 unspecified atom stereocenters. The summed E-state index contributed by atoms with van der Waals surface area (Å²) < 4.78 is 28.7. The van der Waals surface area contributed by atoms with Crippen LogP contribution >= 0.6 is 0 Å². The molecule has 0 bridgehead atoms. The molecule has 3 aromatic rings. The maximum atomic E-state index is 13.1. The number of non-ortho nitro benzene ring substituents is 1. The van der Waals surface area contributed by atoms with Crippen LogP contribution in [0.1, 0.15) is 6.42 Å². The van der Waals surface area contributed by atoms with Gasteiger partial charge in [-0.05, 0) is 31.2 Å². The van der Waals surface area contributed by atoms with E-state index in [1.165, 1.54) is 24.3 Å². The summed E-state index contributed by atoms with van der Waals surface area (Å²) in [5, 5.41) is 15.8. The molecule has 0 saturated carbocycles. The van der Waals surface area contributed by atoms with E-state index in [1.807, 2.05) is 24.3 Å². The first kappa shape index (κ1) is 20.1. The first-order valence-corrected chi connectivity index (χ1v) is 11.2. The van der Waals surface area contributed by atoms with E-state index in [-0.39, 0.29) is 16.3 Å². The molecular formula is C21H22N4O4S. The zero-order valence-corrected chi connectivity index (χ0v) is 17.1. The number of anilines is 2. The Morgan fingerprint density at radius 2 is 1.77 bits per heavy atom. The first-order chi connectivity index (χ1) is 14.5. The van der Waals surface area contributed by atoms with Gasteiger partial charge in [0.15, 0.2) is 0 Å². The topological polar surface area (TPSA) is 105 Å². The van der Waals surface area contributed by atoms with Gasteiger partial charge in [-0.15, -0.1) is 0 Å². The molecule has 156 valence electrons. The fourth-order valence-electron chi connectivity index (χ4n) is 3.75. The molecule has 0 spiro atoms. The molecule has 1 heterocycles. The van der Waals surface area contributed by atoms with Crippen LogP contribution < -0.4 is 14.9 Å². The summed E-state index contributed by atoms with van der Waals surface area (Å²) >= 11 is 0. The lowest BCUT2D eigenvalue weighted by molar-refractivity contribution is -0.384. The Morgan fingerprint density at radius 3 is 2.57 bits per heavy atom. The SMILES string of the molecule is O=[N+]([O-])c1cccc(NS(=O)(=O)c2ccc(N3CCCNCC3)c3ccccc23)c1. The first-order valence-electron chi connectivity index (χ1n) is 9.70. The molecule has 0 aromatic heterocycles. The standard InChI is InChI=1S/C21H22N4O4S/c26-25(27)17-6-3-5-16(15-17)23-30(28,29)21-10-9-20(18-7-1-2-8-19(18)21)24-13-4-11-22-12-14-24/h1-3,5-10,15,22-23H,4,11-14H2. The van der Waals surface area contributed by atoms with Crippen molar-refractivity contribution in [1.29, 1.82) is 0 Å². The van der Waals surface area contributed by atoms with E-state index in [0.29, 0.717) is 5.39 Å². The molecule has 8 nitrogen and oxygen atoms in total. The third kappa shape index (κ3) is 4.07. The quantitative estimate of drug-likeness (QED) is 0.479. The van der Waals surface area contributed by atoms with Gasteiger partial charge in [0.2, 0.25) is 0 Å². The number of rotatable bonds is 5. The number of hydrogen-bond donors (Lipinski definition) is 2. The molecule has 1 saturated heterocycles. The number of sulfonamides is 1. The summed E-state index contributed by atoms with van der Waals surface area (Å²) in [6, 6.07) is 16.3. The van der Waals surface area contributed by atoms with Crippen molar-refractivity contribution < 1.29 is 13.3 Å². The molecule has 2 N–H and O–H groups in total. The van der Waals surface area contributed by atoms with Crippen LogP contribution in [0.25, 0.3) is 10.8 Å². The Hall–Kier alpha value is -3.17. The van der Waals surface area contributed by atoms with Crippen LogP contribution in [-0.4, -0.2) is 39.5 Å². The van der Waals surface area contributed by atoms with E-state index in [1.54, 1.807) is 12.1 Å². The van der Waals surface area contributed by atoms with Gasteiger partial charge < -0.3 is 10.2 Å². The van der Waals surface area contributed by atoms with Crippen molar-refractivity contribution in [1.82, 2.24) is 5.32 Å². The molecule has 3 aromatic carbocycles. The number of nitro benzene ring substituents is 1. The van der Waals surface area contributed by atoms with Crippen molar-refractivity contribution >= 4 is 37.9 Å². The minimum Gasteiger partial charge on any atom is -0.370 e. The zero-order valence-electron chi connectivity index (χ0n) is 16.2. The second kappa shape index (κ2) is 8.29. The molecule has 1 aliphatic rings. The second-order valence-electron chi connectivity index (χ2n) is 7.13. The molecule has 4 rings (SSSR count). The molecule has 0 atom stereocenters. The van der Waals surface area contributed by atoms with Gasteiger partial charge in [-0.25, -0.2) is 8.42 Å². The normalized spacial score (nSPS) is 15.0. The third-order valence-electron chi connectivity index (χ3n) is 5.14. The van der Waals surface area contributed by atoms with Crippen molar-refractivity contribution in [2.24, 2.45) is 0 Å². The monoisotopic (exact) mass is 426 g/mol. The Kier molecular flexibility index (Phi) is 5.56. The summed E-state index contributed by atoms with van der Waals surface area (Å²) in [4.78, 5) is 12.8. The number of nitrogens with zero attached hydrogens (tertiary/aromatic N) is 2. The molecular weight excluding hydrogens is 404 g/mol. The fourth-order valence-corrected chi connectivity index (χ4v) is 5.01. The molecule has 1 fully saturated rings. The number of nitro groups is 1. The maximum Gasteiger partial charge on any atom is 0.271 e. The van der Waals surface area contributed by atoms with Crippen LogP contribution in [0.15, 0.2) is 65.6 Å². The minimum atomic E-state index is -3.94. The number of fused-ring (bicyclic) bond motifs is 1. The van der Waals surface area contributed by atoms with Gasteiger partial charge in [0.05, 0.1) is 15.5 Å². The van der Waals surface area contributed by atoms with E-state index in [0.717, 1.165) is 43.7 Å². The predicted octanol–water partition coefficient (Wildman–Crippen LogP) is 3.35. The van der Waals surface area contributed by atoms with E-state index in [4.69, 9.17) is 0 Å². The Balaban J connectivity index is 1.74. The number of nitrogens with one attached hydrogen (secondary N) is 2. The van der Waals surface area contributed by atoms with Crippen molar-refractivity contribution in [2.45, 2.75) is 11.3 Å². The van der Waals surface area contributed by atoms with Crippen LogP contribution in [0.5, 0.6) is 0 Å². The lowest BCUT2D eigenvalue weighted by Gasteiger charge is -2.25. The smallest absolute Gasteiger partial charge is 0.271 e. The molecule has 0 aliphatic carbocycles. The maximum absolute atomic E-state index is 13.1. The summed E-state index contributed by atoms with van der Waals surface area (Å²) in [5.41, 5.74) is 0.977. The highest BCUT2D eigenvalue weighted by molar-refractivity contribution is 7.93. The molecule has 9 heteroatoms. The van der Waals surface area contributed by atoms with Crippen molar-refractivity contribution in [2.75, 3.05) is 35.8 Å². The number of benzene rings is 3. The van der Waals surface area contributed by atoms with Crippen LogP contribution in [-0.2, 0) is 10.0 Å². The molecule has 30 heavy (non-hydrogen) atoms. The summed E-state index contributed by atoms with van der Waals surface area (Å²) in [5.74, 6) is 0. The Morgan fingerprint density at radius 1 is 0.967 bits per heavy atom. The van der Waals surface area contributed by atoms with Crippen LogP contribution in [0.4, 0.5) is 17.1 Å². The van der Waals surface area contributed by atoms with Crippen molar-refractivity contribution in [3.05, 3.63) is 70.8 Å². The van der Waals surface area contributed by atoms with Crippen molar-refractivity contribution in [3.8, 4) is 0 Å². The van der Waals surface area contributed by atoms with E-state index in [2.05, 4.69) is 14.9 Å². The molecule has 0 radical (unpaired) electrons. The van der Waals surface area contributed by atoms with Crippen LogP contribution in [0, 0.1) is 10.1 Å². The fraction of sp³-hybridized carbons (Fsp3) is 0.238. The molecule has 0 amide bonds. The predicted molar refractivity (Wildman–Crippen MR) is 118 cm³/mol. The highest BCUT2D eigenvalue weighted by Crippen LogP contribution is 2.33. The lowest BCUT2D eigenvalue weighted by atomic mass is 10.1. The third-order valence-corrected chi connectivity index (χ3v) is 6.58. The van der Waals surface area contributed by atoms with Crippen LogP contribution in [0.3, 0.4) is 0 Å². The second-order valence-corrected chi connectivity index (χ2v) is 8.78. The van der Waals surface area contributed by atoms with Gasteiger partial charge in [0.1, 0.15) is 0 Å². The zero-order chi connectivity index (χ0) is 21.1. The summed E-state index contributed by atoms with van der Waals surface area (Å²) in [7, 11) is -3.94. The highest BCUT2D eigenvalue weighted by Gasteiger charge is 2.21. The Labute approximate surface area is 174 Å². The largest absolute Gasteiger partial charge is 0.370 e. The average Bonchev–Trinajstić information content (AvgIpc) is 3.02. The van der Waals surface area contributed by atoms with Gasteiger partial charge in [-0.2, -0.15) is 0 Å². The Bertz CT molecular complexity index is 1190. The highest BCUT2D eigenvalue weighted by atomic mass is 32.2. The summed E-state index contributed by atoms with van der Waals surface area (Å²) in [6.07, 6.45) is 1.02. The van der Waals surface area contributed by atoms with Crippen molar-refractivity contribution in [3.63, 3.8) is 0 Å². The van der Waals surface area contributed by atoms with Gasteiger partial charge in [-0.3, -0.25) is 14.8 Å². The average molecular weight is 426 g/mol. The van der Waals surface area contributed by atoms with Gasteiger partial charge in [0, 0.05) is 48.2 Å². The minimum absolute atomic E-state index is 0.140. The van der Waals surface area contributed by atoms with E-state index >= 15 is 0 Å². The van der Waals surface area contributed by atoms with Crippen LogP contribution in [0.2, 0.25) is 0 Å². The van der Waals surface area contributed by atoms with E-state index in [9.17, 15) is 18.5 Å². The molecule has 1 aliphatic heterocycles. The van der Waals surface area contributed by atoms with E-state index < -0.39 is 14.9 Å². The van der Waals surface area contributed by atoms with Gasteiger partial charge >= 0.3 is 0 Å². The van der Waals surface area contributed by atoms with Gasteiger partial charge in [-0.1, -0.05) is 30.3 Å². The summed E-state index contributed by atoms with van der Waals surface area (Å²) in [6.45, 7) is 3.59.